The van der Waals surface area contributed by atoms with Gasteiger partial charge in [0, 0.05) is 10.9 Å². The molecule has 0 fully saturated rings. The monoisotopic (exact) mass is 423 g/mol. The Morgan fingerprint density at radius 1 is 1.13 bits per heavy atom. The first-order valence-corrected chi connectivity index (χ1v) is 10.8. The van der Waals surface area contributed by atoms with E-state index in [1.165, 1.54) is 11.6 Å². The maximum Gasteiger partial charge on any atom is 0.293 e. The van der Waals surface area contributed by atoms with Crippen LogP contribution in [0.1, 0.15) is 41.0 Å². The highest BCUT2D eigenvalue weighted by atomic mass is 32.1. The SMILES string of the molecule is CCCc1ccc([C@@H](NCC(=O)Nc2c(C)cccc2[N+](=O)[O-])c2cccs2)cc1. The lowest BCUT2D eigenvalue weighted by Gasteiger charge is -2.19. The van der Waals surface area contributed by atoms with Crippen LogP contribution in [0, 0.1) is 17.0 Å². The van der Waals surface area contributed by atoms with Crippen molar-refractivity contribution < 1.29 is 9.72 Å². The van der Waals surface area contributed by atoms with Crippen molar-refractivity contribution in [3.8, 4) is 0 Å². The number of carbonyl (C=O) groups is 1. The first-order valence-electron chi connectivity index (χ1n) is 9.89. The Morgan fingerprint density at radius 3 is 2.53 bits per heavy atom. The molecule has 1 amide bonds. The Bertz CT molecular complexity index is 1000. The number of nitro benzene ring substituents is 1. The fraction of sp³-hybridized carbons (Fsp3) is 0.261. The van der Waals surface area contributed by atoms with Crippen molar-refractivity contribution in [2.45, 2.75) is 32.7 Å². The average Bonchev–Trinajstić information content (AvgIpc) is 3.25. The summed E-state index contributed by atoms with van der Waals surface area (Å²) in [4.78, 5) is 24.5. The number of nitrogens with one attached hydrogen (secondary N) is 2. The van der Waals surface area contributed by atoms with Crippen LogP contribution in [0.25, 0.3) is 0 Å². The highest BCUT2D eigenvalue weighted by Crippen LogP contribution is 2.28. The topological polar surface area (TPSA) is 84.3 Å². The Morgan fingerprint density at radius 2 is 1.90 bits per heavy atom. The lowest BCUT2D eigenvalue weighted by molar-refractivity contribution is -0.384. The van der Waals surface area contributed by atoms with Crippen LogP contribution in [-0.2, 0) is 11.2 Å². The van der Waals surface area contributed by atoms with Gasteiger partial charge in [0.2, 0.25) is 5.91 Å². The van der Waals surface area contributed by atoms with Gasteiger partial charge in [-0.1, -0.05) is 55.8 Å². The number of thiophene rings is 1. The second kappa shape index (κ2) is 10.1. The zero-order valence-electron chi connectivity index (χ0n) is 17.1. The third-order valence-corrected chi connectivity index (χ3v) is 5.80. The van der Waals surface area contributed by atoms with E-state index in [1.807, 2.05) is 17.5 Å². The number of hydrogen-bond donors (Lipinski definition) is 2. The van der Waals surface area contributed by atoms with E-state index >= 15 is 0 Å². The van der Waals surface area contributed by atoms with Crippen molar-refractivity contribution in [1.29, 1.82) is 0 Å². The molecular weight excluding hydrogens is 398 g/mol. The summed E-state index contributed by atoms with van der Waals surface area (Å²) >= 11 is 1.62. The van der Waals surface area contributed by atoms with Gasteiger partial charge in [-0.25, -0.2) is 0 Å². The number of amides is 1. The molecule has 0 unspecified atom stereocenters. The van der Waals surface area contributed by atoms with Gasteiger partial charge in [0.25, 0.3) is 5.69 Å². The number of aryl methyl sites for hydroxylation is 2. The number of hydrogen-bond acceptors (Lipinski definition) is 5. The van der Waals surface area contributed by atoms with Gasteiger partial charge in [0.05, 0.1) is 17.5 Å². The van der Waals surface area contributed by atoms with Gasteiger partial charge in [-0.15, -0.1) is 11.3 Å². The van der Waals surface area contributed by atoms with Crippen LogP contribution in [0.2, 0.25) is 0 Å². The van der Waals surface area contributed by atoms with E-state index in [0.717, 1.165) is 23.3 Å². The van der Waals surface area contributed by atoms with Gasteiger partial charge < -0.3 is 5.32 Å². The summed E-state index contributed by atoms with van der Waals surface area (Å²) in [5, 5.41) is 19.3. The van der Waals surface area contributed by atoms with Gasteiger partial charge in [-0.05, 0) is 41.5 Å². The molecule has 0 bridgehead atoms. The minimum atomic E-state index is -0.484. The first-order chi connectivity index (χ1) is 14.5. The molecule has 3 aromatic rings. The maximum absolute atomic E-state index is 12.6. The number of rotatable bonds is 9. The molecule has 2 aromatic carbocycles. The van der Waals surface area contributed by atoms with Gasteiger partial charge in [-0.2, -0.15) is 0 Å². The van der Waals surface area contributed by atoms with E-state index in [2.05, 4.69) is 41.8 Å². The summed E-state index contributed by atoms with van der Waals surface area (Å²) in [6.45, 7) is 3.93. The molecule has 0 aliphatic carbocycles. The second-order valence-electron chi connectivity index (χ2n) is 7.10. The Labute approximate surface area is 180 Å². The Kier molecular flexibility index (Phi) is 7.32. The molecular formula is C23H25N3O3S. The predicted molar refractivity (Wildman–Crippen MR) is 121 cm³/mol. The fourth-order valence-corrected chi connectivity index (χ4v) is 4.18. The molecule has 1 atom stereocenters. The average molecular weight is 424 g/mol. The van der Waals surface area contributed by atoms with Crippen molar-refractivity contribution in [1.82, 2.24) is 5.32 Å². The standard InChI is InChI=1S/C23H25N3O3S/c1-3-6-17-10-12-18(13-11-17)23(20-9-5-14-30-20)24-15-21(27)25-22-16(2)7-4-8-19(22)26(28)29/h4-5,7-14,23-24H,3,6,15H2,1-2H3,(H,25,27)/t23-/m1/s1. The van der Waals surface area contributed by atoms with Crippen LogP contribution >= 0.6 is 11.3 Å². The molecule has 1 aromatic heterocycles. The third-order valence-electron chi connectivity index (χ3n) is 4.86. The molecule has 0 saturated carbocycles. The van der Waals surface area contributed by atoms with Gasteiger partial charge in [0.15, 0.2) is 0 Å². The summed E-state index contributed by atoms with van der Waals surface area (Å²) < 4.78 is 0. The summed E-state index contributed by atoms with van der Waals surface area (Å²) in [6, 6.07) is 17.1. The molecule has 0 radical (unpaired) electrons. The molecule has 1 heterocycles. The van der Waals surface area contributed by atoms with Crippen molar-refractivity contribution >= 4 is 28.6 Å². The lowest BCUT2D eigenvalue weighted by Crippen LogP contribution is -2.32. The van der Waals surface area contributed by atoms with Crippen LogP contribution in [-0.4, -0.2) is 17.4 Å². The Hall–Kier alpha value is -3.03. The van der Waals surface area contributed by atoms with Crippen LogP contribution in [0.15, 0.2) is 60.0 Å². The van der Waals surface area contributed by atoms with Crippen LogP contribution < -0.4 is 10.6 Å². The van der Waals surface area contributed by atoms with Crippen molar-refractivity contribution in [2.75, 3.05) is 11.9 Å². The van der Waals surface area contributed by atoms with Crippen molar-refractivity contribution in [3.63, 3.8) is 0 Å². The molecule has 0 aliphatic heterocycles. The zero-order chi connectivity index (χ0) is 21.5. The van der Waals surface area contributed by atoms with Crippen LogP contribution in [0.3, 0.4) is 0 Å². The minimum absolute atomic E-state index is 0.0325. The van der Waals surface area contributed by atoms with Gasteiger partial charge in [0.1, 0.15) is 5.69 Å². The molecule has 156 valence electrons. The highest BCUT2D eigenvalue weighted by Gasteiger charge is 2.20. The molecule has 0 saturated heterocycles. The lowest BCUT2D eigenvalue weighted by atomic mass is 10.0. The Balaban J connectivity index is 1.74. The first kappa shape index (κ1) is 21.7. The van der Waals surface area contributed by atoms with E-state index in [1.54, 1.807) is 30.4 Å². The number of nitrogens with zero attached hydrogens (tertiary/aromatic N) is 1. The number of nitro groups is 1. The van der Waals surface area contributed by atoms with E-state index < -0.39 is 4.92 Å². The van der Waals surface area contributed by atoms with Crippen molar-refractivity contribution in [3.05, 3.63) is 91.7 Å². The number of anilines is 1. The fourth-order valence-electron chi connectivity index (χ4n) is 3.35. The normalized spacial score (nSPS) is 11.8. The quantitative estimate of drug-likeness (QED) is 0.364. The molecule has 6 nitrogen and oxygen atoms in total. The third kappa shape index (κ3) is 5.31. The molecule has 3 rings (SSSR count). The van der Waals surface area contributed by atoms with Gasteiger partial charge >= 0.3 is 0 Å². The molecule has 7 heteroatoms. The summed E-state index contributed by atoms with van der Waals surface area (Å²) in [5.41, 5.74) is 3.15. The van der Waals surface area contributed by atoms with E-state index in [-0.39, 0.29) is 29.9 Å². The summed E-state index contributed by atoms with van der Waals surface area (Å²) in [7, 11) is 0. The highest BCUT2D eigenvalue weighted by molar-refractivity contribution is 7.10. The maximum atomic E-state index is 12.6. The van der Waals surface area contributed by atoms with E-state index in [9.17, 15) is 14.9 Å². The predicted octanol–water partition coefficient (Wildman–Crippen LogP) is 5.23. The molecule has 0 aliphatic rings. The number of para-hydroxylation sites is 1. The van der Waals surface area contributed by atoms with Crippen molar-refractivity contribution in [2.24, 2.45) is 0 Å². The number of benzene rings is 2. The van der Waals surface area contributed by atoms with Gasteiger partial charge in [-0.3, -0.25) is 20.2 Å². The van der Waals surface area contributed by atoms with Crippen LogP contribution in [0.5, 0.6) is 0 Å². The molecule has 2 N–H and O–H groups in total. The van der Waals surface area contributed by atoms with Crippen LogP contribution in [0.4, 0.5) is 11.4 Å². The smallest absolute Gasteiger partial charge is 0.293 e. The molecule has 30 heavy (non-hydrogen) atoms. The van der Waals surface area contributed by atoms with E-state index in [0.29, 0.717) is 5.56 Å². The largest absolute Gasteiger partial charge is 0.319 e. The summed E-state index contributed by atoms with van der Waals surface area (Å²) in [6.07, 6.45) is 2.13. The number of carbonyl (C=O) groups excluding carboxylic acids is 1. The minimum Gasteiger partial charge on any atom is -0.319 e. The second-order valence-corrected chi connectivity index (χ2v) is 8.07. The molecule has 0 spiro atoms. The zero-order valence-corrected chi connectivity index (χ0v) is 17.9. The van der Waals surface area contributed by atoms with E-state index in [4.69, 9.17) is 0 Å². The summed E-state index contributed by atoms with van der Waals surface area (Å²) in [5.74, 6) is -0.323.